The number of aliphatic hydroxyl groups excluding tert-OH is 3. The molecule has 0 radical (unpaired) electrons. The molecule has 0 heterocycles. The molecule has 0 aromatic heterocycles. The summed E-state index contributed by atoms with van der Waals surface area (Å²) in [6, 6.07) is 0. The second kappa shape index (κ2) is 3.74. The normalized spacial score (nSPS) is 21.9. The van der Waals surface area contributed by atoms with E-state index in [9.17, 15) is 4.79 Å². The summed E-state index contributed by atoms with van der Waals surface area (Å²) >= 11 is 0. The Morgan fingerprint density at radius 2 is 2.00 bits per heavy atom. The molecule has 0 aromatic carbocycles. The summed E-state index contributed by atoms with van der Waals surface area (Å²) in [6.07, 6.45) is -3.67. The highest BCUT2D eigenvalue weighted by atomic mass is 16.4. The van der Waals surface area contributed by atoms with Crippen LogP contribution in [0.25, 0.3) is 0 Å². The summed E-state index contributed by atoms with van der Waals surface area (Å²) in [7, 11) is 0. The summed E-state index contributed by atoms with van der Waals surface area (Å²) in [6.45, 7) is -0.945. The van der Waals surface area contributed by atoms with Crippen molar-refractivity contribution >= 4 is 6.29 Å². The first kappa shape index (κ1) is 10.5. The monoisotopic (exact) mass is 165 g/mol. The third-order valence-electron chi connectivity index (χ3n) is 1.23. The quantitative estimate of drug-likeness (QED) is 0.218. The van der Waals surface area contributed by atoms with Crippen molar-refractivity contribution in [2.45, 2.75) is 17.9 Å². The van der Waals surface area contributed by atoms with Gasteiger partial charge < -0.3 is 25.2 Å². The predicted molar refractivity (Wildman–Crippen MR) is 34.3 cm³/mol. The molecule has 0 aliphatic heterocycles. The van der Waals surface area contributed by atoms with E-state index in [1.165, 1.54) is 0 Å². The first-order valence-electron chi connectivity index (χ1n) is 2.89. The van der Waals surface area contributed by atoms with Crippen molar-refractivity contribution in [1.82, 2.24) is 0 Å². The summed E-state index contributed by atoms with van der Waals surface area (Å²) in [5.74, 6) is 0. The van der Waals surface area contributed by atoms with Crippen LogP contribution >= 0.6 is 0 Å². The van der Waals surface area contributed by atoms with Gasteiger partial charge in [0.05, 0.1) is 6.61 Å². The Bertz CT molecular complexity index is 137. The van der Waals surface area contributed by atoms with E-state index in [-0.39, 0.29) is 6.29 Å². The van der Waals surface area contributed by atoms with E-state index in [4.69, 9.17) is 26.2 Å². The van der Waals surface area contributed by atoms with Gasteiger partial charge in [0, 0.05) is 0 Å². The zero-order valence-corrected chi connectivity index (χ0v) is 5.71. The number of aliphatic hydroxyl groups is 4. The van der Waals surface area contributed by atoms with Crippen molar-refractivity contribution < 1.29 is 25.2 Å². The van der Waals surface area contributed by atoms with E-state index >= 15 is 0 Å². The molecule has 0 saturated heterocycles. The zero-order chi connectivity index (χ0) is 9.07. The van der Waals surface area contributed by atoms with Gasteiger partial charge in [-0.15, -0.1) is 0 Å². The van der Waals surface area contributed by atoms with E-state index in [0.717, 1.165) is 0 Å². The number of carbonyl (C=O) groups is 1. The van der Waals surface area contributed by atoms with E-state index in [0.29, 0.717) is 0 Å². The molecule has 0 amide bonds. The lowest BCUT2D eigenvalue weighted by molar-refractivity contribution is -0.151. The average molecular weight is 165 g/mol. The topological polar surface area (TPSA) is 124 Å². The molecule has 6 heteroatoms. The van der Waals surface area contributed by atoms with Gasteiger partial charge in [-0.1, -0.05) is 0 Å². The van der Waals surface area contributed by atoms with Gasteiger partial charge in [0.25, 0.3) is 0 Å². The largest absolute Gasteiger partial charge is 0.392 e. The van der Waals surface area contributed by atoms with Gasteiger partial charge in [0.1, 0.15) is 12.2 Å². The molecule has 11 heavy (non-hydrogen) atoms. The molecular weight excluding hydrogens is 154 g/mol. The molecule has 0 fully saturated rings. The second-order valence-corrected chi connectivity index (χ2v) is 2.22. The number of aldehydes is 1. The van der Waals surface area contributed by atoms with Gasteiger partial charge >= 0.3 is 0 Å². The van der Waals surface area contributed by atoms with Gasteiger partial charge in [0.15, 0.2) is 12.0 Å². The Kier molecular flexibility index (Phi) is 3.56. The van der Waals surface area contributed by atoms with Crippen molar-refractivity contribution in [1.29, 1.82) is 0 Å². The third kappa shape index (κ3) is 2.52. The third-order valence-corrected chi connectivity index (χ3v) is 1.23. The van der Waals surface area contributed by atoms with Crippen LogP contribution in [0.5, 0.6) is 0 Å². The van der Waals surface area contributed by atoms with Crippen LogP contribution in [0.3, 0.4) is 0 Å². The van der Waals surface area contributed by atoms with Crippen LogP contribution < -0.4 is 5.73 Å². The molecule has 0 rings (SSSR count). The molecule has 6 nitrogen and oxygen atoms in total. The van der Waals surface area contributed by atoms with Crippen LogP contribution in [0.2, 0.25) is 0 Å². The number of carbonyl (C=O) groups excluding carboxylic acids is 1. The van der Waals surface area contributed by atoms with Crippen LogP contribution in [0, 0.1) is 0 Å². The maximum Gasteiger partial charge on any atom is 0.166 e. The lowest BCUT2D eigenvalue weighted by Crippen LogP contribution is -2.58. The summed E-state index contributed by atoms with van der Waals surface area (Å²) in [5.41, 5.74) is 2.53. The molecule has 0 spiro atoms. The molecule has 0 bridgehead atoms. The lowest BCUT2D eigenvalue weighted by atomic mass is 10.0. The van der Waals surface area contributed by atoms with Crippen molar-refractivity contribution in [3.05, 3.63) is 0 Å². The first-order valence-corrected chi connectivity index (χ1v) is 2.89. The van der Waals surface area contributed by atoms with E-state index in [2.05, 4.69) is 0 Å². The van der Waals surface area contributed by atoms with Crippen molar-refractivity contribution in [3.63, 3.8) is 0 Å². The van der Waals surface area contributed by atoms with Crippen molar-refractivity contribution in [3.8, 4) is 0 Å². The van der Waals surface area contributed by atoms with Gasteiger partial charge in [-0.25, -0.2) is 0 Å². The molecule has 3 atom stereocenters. The SMILES string of the molecule is NC(O)(CO)C(O)C(O)C=O. The maximum atomic E-state index is 9.85. The molecular formula is C5H11NO5. The van der Waals surface area contributed by atoms with Gasteiger partial charge in [0.2, 0.25) is 0 Å². The number of rotatable bonds is 4. The molecule has 66 valence electrons. The fraction of sp³-hybridized carbons (Fsp3) is 0.800. The van der Waals surface area contributed by atoms with Gasteiger partial charge in [-0.05, 0) is 0 Å². The minimum absolute atomic E-state index is 0.0121. The molecule has 3 unspecified atom stereocenters. The fourth-order valence-electron chi connectivity index (χ4n) is 0.464. The Labute approximate surface area is 62.9 Å². The molecule has 0 aromatic rings. The second-order valence-electron chi connectivity index (χ2n) is 2.22. The summed E-state index contributed by atoms with van der Waals surface area (Å²) in [4.78, 5) is 9.85. The number of nitrogens with two attached hydrogens (primary N) is 1. The van der Waals surface area contributed by atoms with Crippen LogP contribution in [-0.4, -0.2) is 51.3 Å². The first-order chi connectivity index (χ1) is 4.95. The minimum Gasteiger partial charge on any atom is -0.392 e. The summed E-state index contributed by atoms with van der Waals surface area (Å²) in [5, 5.41) is 34.7. The zero-order valence-electron chi connectivity index (χ0n) is 5.71. The van der Waals surface area contributed by atoms with E-state index < -0.39 is 24.5 Å². The van der Waals surface area contributed by atoms with Crippen LogP contribution in [0.15, 0.2) is 0 Å². The van der Waals surface area contributed by atoms with E-state index in [1.807, 2.05) is 0 Å². The average Bonchev–Trinajstić information content (AvgIpc) is 2.01. The van der Waals surface area contributed by atoms with E-state index in [1.54, 1.807) is 0 Å². The number of hydrogen-bond acceptors (Lipinski definition) is 6. The van der Waals surface area contributed by atoms with Gasteiger partial charge in [-0.2, -0.15) is 0 Å². The highest BCUT2D eigenvalue weighted by Gasteiger charge is 2.35. The highest BCUT2D eigenvalue weighted by molar-refractivity contribution is 5.56. The van der Waals surface area contributed by atoms with Crippen molar-refractivity contribution in [2.24, 2.45) is 5.73 Å². The van der Waals surface area contributed by atoms with Crippen LogP contribution in [-0.2, 0) is 4.79 Å². The molecule has 0 aliphatic carbocycles. The summed E-state index contributed by atoms with van der Waals surface area (Å²) < 4.78 is 0. The van der Waals surface area contributed by atoms with Gasteiger partial charge in [-0.3, -0.25) is 5.73 Å². The van der Waals surface area contributed by atoms with Crippen molar-refractivity contribution in [2.75, 3.05) is 6.61 Å². The predicted octanol–water partition coefficient (Wildman–Crippen LogP) is -3.45. The Morgan fingerprint density at radius 1 is 1.55 bits per heavy atom. The highest BCUT2D eigenvalue weighted by Crippen LogP contribution is 2.04. The molecule has 6 N–H and O–H groups in total. The fourth-order valence-corrected chi connectivity index (χ4v) is 0.464. The molecule has 0 aliphatic rings. The Morgan fingerprint density at radius 3 is 2.27 bits per heavy atom. The molecule has 0 saturated carbocycles. The lowest BCUT2D eigenvalue weighted by Gasteiger charge is -2.27. The van der Waals surface area contributed by atoms with Crippen LogP contribution in [0.1, 0.15) is 0 Å². The van der Waals surface area contributed by atoms with Crippen LogP contribution in [0.4, 0.5) is 0 Å². The Hall–Kier alpha value is -0.530. The minimum atomic E-state index is -2.35. The smallest absolute Gasteiger partial charge is 0.166 e. The maximum absolute atomic E-state index is 9.85. The number of hydrogen-bond donors (Lipinski definition) is 5. The standard InChI is InChI=1S/C5H11NO5/c6-5(11,2-8)4(10)3(9)1-7/h1,3-4,8-11H,2,6H2. The Balaban J connectivity index is 4.21.